The Labute approximate surface area is 157 Å². The second-order valence-corrected chi connectivity index (χ2v) is 9.04. The van der Waals surface area contributed by atoms with Crippen molar-refractivity contribution >= 4 is 21.4 Å². The number of methoxy groups -OCH3 is 1. The van der Waals surface area contributed by atoms with Gasteiger partial charge in [-0.3, -0.25) is 0 Å². The number of sulfonamides is 1. The molecule has 26 heavy (non-hydrogen) atoms. The van der Waals surface area contributed by atoms with Crippen molar-refractivity contribution in [3.05, 3.63) is 46.4 Å². The average molecular weight is 399 g/mol. The summed E-state index contributed by atoms with van der Waals surface area (Å²) in [5.74, 6) is 0.136. The van der Waals surface area contributed by atoms with Crippen molar-refractivity contribution in [2.24, 2.45) is 0 Å². The molecule has 0 saturated carbocycles. The third-order valence-electron chi connectivity index (χ3n) is 4.67. The monoisotopic (exact) mass is 398 g/mol. The van der Waals surface area contributed by atoms with E-state index >= 15 is 0 Å². The summed E-state index contributed by atoms with van der Waals surface area (Å²) in [6, 6.07) is 7.75. The molecule has 2 aromatic rings. The summed E-state index contributed by atoms with van der Waals surface area (Å²) in [5.41, 5.74) is 0. The van der Waals surface area contributed by atoms with E-state index in [-0.39, 0.29) is 17.2 Å². The highest BCUT2D eigenvalue weighted by molar-refractivity contribution is 7.89. The average Bonchev–Trinajstić information content (AvgIpc) is 3.17. The minimum atomic E-state index is -3.81. The van der Waals surface area contributed by atoms with Gasteiger partial charge in [0.1, 0.15) is 16.5 Å². The van der Waals surface area contributed by atoms with Crippen LogP contribution in [0, 0.1) is 5.82 Å². The van der Waals surface area contributed by atoms with Gasteiger partial charge in [-0.25, -0.2) is 17.5 Å². The van der Waals surface area contributed by atoms with E-state index in [9.17, 15) is 12.8 Å². The normalized spacial score (nSPS) is 16.7. The zero-order valence-corrected chi connectivity index (χ0v) is 16.3. The van der Waals surface area contributed by atoms with Gasteiger partial charge in [0.25, 0.3) is 0 Å². The molecule has 2 heterocycles. The van der Waals surface area contributed by atoms with Crippen LogP contribution in [0.4, 0.5) is 4.39 Å². The highest BCUT2D eigenvalue weighted by Gasteiger charge is 2.23. The van der Waals surface area contributed by atoms with Crippen LogP contribution < -0.4 is 9.46 Å². The predicted octanol–water partition coefficient (Wildman–Crippen LogP) is 3.05. The fraction of sp³-hybridized carbons (Fsp3) is 0.444. The first-order chi connectivity index (χ1) is 12.5. The fourth-order valence-corrected chi connectivity index (χ4v) is 5.34. The van der Waals surface area contributed by atoms with Gasteiger partial charge in [0.05, 0.1) is 7.11 Å². The number of rotatable bonds is 7. The molecule has 1 aliphatic heterocycles. The van der Waals surface area contributed by atoms with E-state index in [1.807, 2.05) is 0 Å². The molecule has 1 aromatic carbocycles. The summed E-state index contributed by atoms with van der Waals surface area (Å²) in [6.45, 7) is 2.82. The van der Waals surface area contributed by atoms with E-state index < -0.39 is 15.8 Å². The molecule has 1 aromatic heterocycles. The molecule has 0 atom stereocenters. The number of ether oxygens (including phenoxy) is 1. The van der Waals surface area contributed by atoms with Crippen molar-refractivity contribution in [3.8, 4) is 5.75 Å². The topological polar surface area (TPSA) is 58.6 Å². The first kappa shape index (κ1) is 19.3. The van der Waals surface area contributed by atoms with Crippen molar-refractivity contribution in [1.82, 2.24) is 9.62 Å². The van der Waals surface area contributed by atoms with E-state index in [0.29, 0.717) is 12.5 Å². The van der Waals surface area contributed by atoms with Gasteiger partial charge in [-0.2, -0.15) is 0 Å². The van der Waals surface area contributed by atoms with Crippen LogP contribution in [0.1, 0.15) is 23.6 Å². The second kappa shape index (κ2) is 8.47. The number of piperidine rings is 1. The second-order valence-electron chi connectivity index (χ2n) is 6.32. The number of thiophene rings is 1. The molecular weight excluding hydrogens is 375 g/mol. The van der Waals surface area contributed by atoms with Crippen molar-refractivity contribution in [2.45, 2.75) is 23.7 Å². The number of hydrogen-bond donors (Lipinski definition) is 1. The molecule has 0 aliphatic carbocycles. The van der Waals surface area contributed by atoms with Crippen molar-refractivity contribution in [3.63, 3.8) is 0 Å². The lowest BCUT2D eigenvalue weighted by Gasteiger charge is -2.31. The van der Waals surface area contributed by atoms with Gasteiger partial charge >= 0.3 is 0 Å². The fourth-order valence-electron chi connectivity index (χ4n) is 3.24. The van der Waals surface area contributed by atoms with Crippen LogP contribution in [0.25, 0.3) is 0 Å². The van der Waals surface area contributed by atoms with E-state index in [0.717, 1.165) is 32.0 Å². The number of nitrogens with one attached hydrogen (secondary N) is 1. The third kappa shape index (κ3) is 4.62. The molecule has 1 saturated heterocycles. The van der Waals surface area contributed by atoms with Crippen LogP contribution >= 0.6 is 11.3 Å². The van der Waals surface area contributed by atoms with Crippen molar-refractivity contribution in [1.29, 1.82) is 0 Å². The first-order valence-corrected chi connectivity index (χ1v) is 10.9. The summed E-state index contributed by atoms with van der Waals surface area (Å²) >= 11 is 1.80. The minimum Gasteiger partial charge on any atom is -0.495 e. The van der Waals surface area contributed by atoms with Gasteiger partial charge in [-0.15, -0.1) is 11.3 Å². The number of likely N-dealkylation sites (tertiary alicyclic amines) is 1. The SMILES string of the molecule is COc1ccc(F)cc1S(=O)(=O)NCCN1CCC(c2cccs2)CC1. The number of benzene rings is 1. The molecule has 1 fully saturated rings. The summed E-state index contributed by atoms with van der Waals surface area (Å²) in [5, 5.41) is 2.11. The van der Waals surface area contributed by atoms with Crippen LogP contribution in [0.2, 0.25) is 0 Å². The Morgan fingerprint density at radius 3 is 2.73 bits per heavy atom. The molecule has 0 unspecified atom stereocenters. The van der Waals surface area contributed by atoms with E-state index in [2.05, 4.69) is 27.1 Å². The van der Waals surface area contributed by atoms with E-state index in [1.54, 1.807) is 11.3 Å². The maximum atomic E-state index is 13.4. The lowest BCUT2D eigenvalue weighted by Crippen LogP contribution is -2.39. The number of halogens is 1. The Balaban J connectivity index is 1.51. The largest absolute Gasteiger partial charge is 0.495 e. The predicted molar refractivity (Wildman–Crippen MR) is 101 cm³/mol. The Hall–Kier alpha value is -1.48. The minimum absolute atomic E-state index is 0.135. The van der Waals surface area contributed by atoms with Crippen LogP contribution in [0.3, 0.4) is 0 Å². The number of hydrogen-bond acceptors (Lipinski definition) is 5. The Kier molecular flexibility index (Phi) is 6.29. The lowest BCUT2D eigenvalue weighted by molar-refractivity contribution is 0.217. The van der Waals surface area contributed by atoms with Gasteiger partial charge < -0.3 is 9.64 Å². The number of nitrogens with zero attached hydrogens (tertiary/aromatic N) is 1. The summed E-state index contributed by atoms with van der Waals surface area (Å²) < 4.78 is 45.9. The quantitative estimate of drug-likeness (QED) is 0.779. The zero-order valence-electron chi connectivity index (χ0n) is 14.7. The standard InChI is InChI=1S/C18H23FN2O3S2/c1-24-16-5-4-15(19)13-18(16)26(22,23)20-8-11-21-9-6-14(7-10-21)17-3-2-12-25-17/h2-5,12-14,20H,6-11H2,1H3. The molecule has 8 heteroatoms. The van der Waals surface area contributed by atoms with Crippen LogP contribution in [-0.2, 0) is 10.0 Å². The van der Waals surface area contributed by atoms with Gasteiger partial charge in [-0.1, -0.05) is 6.07 Å². The molecule has 0 amide bonds. The van der Waals surface area contributed by atoms with Gasteiger partial charge in [0.15, 0.2) is 0 Å². The van der Waals surface area contributed by atoms with Crippen molar-refractivity contribution in [2.75, 3.05) is 33.3 Å². The Bertz CT molecular complexity index is 817. The molecule has 142 valence electrons. The Morgan fingerprint density at radius 2 is 2.08 bits per heavy atom. The summed E-state index contributed by atoms with van der Waals surface area (Å²) in [4.78, 5) is 3.52. The molecule has 0 spiro atoms. The smallest absolute Gasteiger partial charge is 0.244 e. The highest BCUT2D eigenvalue weighted by Crippen LogP contribution is 2.30. The van der Waals surface area contributed by atoms with E-state index in [1.165, 1.54) is 24.1 Å². The molecule has 1 aliphatic rings. The summed E-state index contributed by atoms with van der Waals surface area (Å²) in [7, 11) is -2.45. The third-order valence-corrected chi connectivity index (χ3v) is 7.19. The highest BCUT2D eigenvalue weighted by atomic mass is 32.2. The van der Waals surface area contributed by atoms with Crippen molar-refractivity contribution < 1.29 is 17.5 Å². The van der Waals surface area contributed by atoms with Gasteiger partial charge in [0, 0.05) is 18.0 Å². The molecular formula is C18H23FN2O3S2. The van der Waals surface area contributed by atoms with Crippen LogP contribution in [0.5, 0.6) is 5.75 Å². The zero-order chi connectivity index (χ0) is 18.6. The molecule has 0 bridgehead atoms. The molecule has 0 radical (unpaired) electrons. The van der Waals surface area contributed by atoms with Crippen LogP contribution in [0.15, 0.2) is 40.6 Å². The van der Waals surface area contributed by atoms with Crippen LogP contribution in [-0.4, -0.2) is 46.6 Å². The lowest BCUT2D eigenvalue weighted by atomic mass is 9.95. The van der Waals surface area contributed by atoms with Gasteiger partial charge in [0.2, 0.25) is 10.0 Å². The maximum absolute atomic E-state index is 13.4. The Morgan fingerprint density at radius 1 is 1.31 bits per heavy atom. The molecule has 1 N–H and O–H groups in total. The molecule has 3 rings (SSSR count). The maximum Gasteiger partial charge on any atom is 0.244 e. The van der Waals surface area contributed by atoms with Gasteiger partial charge in [-0.05, 0) is 61.5 Å². The molecule has 5 nitrogen and oxygen atoms in total. The van der Waals surface area contributed by atoms with E-state index in [4.69, 9.17) is 4.74 Å². The first-order valence-electron chi connectivity index (χ1n) is 8.58. The summed E-state index contributed by atoms with van der Waals surface area (Å²) in [6.07, 6.45) is 2.18.